The Morgan fingerprint density at radius 2 is 2.50 bits per heavy atom. The van der Waals surface area contributed by atoms with Crippen molar-refractivity contribution in [1.29, 1.82) is 0 Å². The van der Waals surface area contributed by atoms with Gasteiger partial charge in [-0.3, -0.25) is 0 Å². The molecule has 0 radical (unpaired) electrons. The van der Waals surface area contributed by atoms with Gasteiger partial charge in [-0.05, 0) is 25.3 Å². The Morgan fingerprint density at radius 3 is 3.08 bits per heavy atom. The van der Waals surface area contributed by atoms with Gasteiger partial charge in [0.1, 0.15) is 5.82 Å². The van der Waals surface area contributed by atoms with Crippen molar-refractivity contribution in [1.82, 2.24) is 14.9 Å². The molecule has 1 aliphatic rings. The van der Waals surface area contributed by atoms with E-state index in [1.807, 2.05) is 19.4 Å². The maximum atomic E-state index is 4.23. The fourth-order valence-corrected chi connectivity index (χ4v) is 1.28. The van der Waals surface area contributed by atoms with Crippen LogP contribution in [0.3, 0.4) is 0 Å². The molecule has 1 heterocycles. The Kier molecular flexibility index (Phi) is 2.13. The summed E-state index contributed by atoms with van der Waals surface area (Å²) in [7, 11) is 2.03. The normalized spacial score (nSPS) is 16.8. The van der Waals surface area contributed by atoms with E-state index < -0.39 is 0 Å². The van der Waals surface area contributed by atoms with Crippen molar-refractivity contribution < 1.29 is 0 Å². The molecule has 1 N–H and O–H groups in total. The minimum atomic E-state index is 0.903. The Hall–Kier alpha value is -0.830. The van der Waals surface area contributed by atoms with E-state index in [4.69, 9.17) is 0 Å². The topological polar surface area (TPSA) is 29.9 Å². The maximum absolute atomic E-state index is 4.23. The fourth-order valence-electron chi connectivity index (χ4n) is 1.28. The maximum Gasteiger partial charge on any atom is 0.122 e. The second kappa shape index (κ2) is 3.27. The smallest absolute Gasteiger partial charge is 0.122 e. The largest absolute Gasteiger partial charge is 0.337 e. The van der Waals surface area contributed by atoms with Gasteiger partial charge in [-0.15, -0.1) is 0 Å². The summed E-state index contributed by atoms with van der Waals surface area (Å²) in [4.78, 5) is 4.23. The summed E-state index contributed by atoms with van der Waals surface area (Å²) in [6, 6.07) is 0. The Labute approximate surface area is 72.8 Å². The van der Waals surface area contributed by atoms with Crippen LogP contribution in [-0.2, 0) is 13.6 Å². The molecule has 1 aliphatic carbocycles. The first-order valence-electron chi connectivity index (χ1n) is 4.53. The van der Waals surface area contributed by atoms with Gasteiger partial charge >= 0.3 is 0 Å². The zero-order valence-electron chi connectivity index (χ0n) is 7.45. The van der Waals surface area contributed by atoms with Gasteiger partial charge in [0.15, 0.2) is 0 Å². The second-order valence-electron chi connectivity index (χ2n) is 3.53. The lowest BCUT2D eigenvalue weighted by molar-refractivity contribution is 0.604. The van der Waals surface area contributed by atoms with Gasteiger partial charge in [-0.1, -0.05) is 0 Å². The van der Waals surface area contributed by atoms with Crippen LogP contribution in [0.2, 0.25) is 0 Å². The van der Waals surface area contributed by atoms with Crippen LogP contribution in [0.1, 0.15) is 18.7 Å². The molecule has 1 aromatic rings. The lowest BCUT2D eigenvalue weighted by Crippen LogP contribution is -2.18. The predicted molar refractivity (Wildman–Crippen MR) is 47.6 cm³/mol. The lowest BCUT2D eigenvalue weighted by atomic mass is 10.4. The van der Waals surface area contributed by atoms with Gasteiger partial charge in [0.2, 0.25) is 0 Å². The van der Waals surface area contributed by atoms with Gasteiger partial charge < -0.3 is 9.88 Å². The number of nitrogens with one attached hydrogen (secondary N) is 1. The van der Waals surface area contributed by atoms with E-state index in [0.717, 1.165) is 24.8 Å². The monoisotopic (exact) mass is 165 g/mol. The molecule has 1 aromatic heterocycles. The summed E-state index contributed by atoms with van der Waals surface area (Å²) in [5, 5.41) is 3.41. The Morgan fingerprint density at radius 1 is 1.67 bits per heavy atom. The third kappa shape index (κ3) is 1.85. The number of hydrogen-bond donors (Lipinski definition) is 1. The van der Waals surface area contributed by atoms with E-state index in [9.17, 15) is 0 Å². The van der Waals surface area contributed by atoms with Crippen LogP contribution in [0.15, 0.2) is 12.4 Å². The molecule has 2 rings (SSSR count). The molecule has 3 nitrogen and oxygen atoms in total. The van der Waals surface area contributed by atoms with Crippen molar-refractivity contribution in [2.45, 2.75) is 19.4 Å². The molecule has 0 aliphatic heterocycles. The molecule has 0 spiro atoms. The van der Waals surface area contributed by atoms with E-state index >= 15 is 0 Å². The second-order valence-corrected chi connectivity index (χ2v) is 3.53. The van der Waals surface area contributed by atoms with Gasteiger partial charge in [0.05, 0.1) is 6.54 Å². The molecule has 66 valence electrons. The Balaban J connectivity index is 1.75. The standard InChI is InChI=1S/C9H15N3/c1-12-5-4-11-9(12)7-10-6-8-2-3-8/h4-5,8,10H,2-3,6-7H2,1H3. The van der Waals surface area contributed by atoms with Crippen LogP contribution < -0.4 is 5.32 Å². The first-order chi connectivity index (χ1) is 5.86. The van der Waals surface area contributed by atoms with Crippen molar-refractivity contribution in [3.05, 3.63) is 18.2 Å². The van der Waals surface area contributed by atoms with Crippen molar-refractivity contribution in [3.63, 3.8) is 0 Å². The summed E-state index contributed by atoms with van der Waals surface area (Å²) in [5.74, 6) is 2.07. The first-order valence-corrected chi connectivity index (χ1v) is 4.53. The van der Waals surface area contributed by atoms with Crippen molar-refractivity contribution in [2.75, 3.05) is 6.54 Å². The molecule has 1 saturated carbocycles. The van der Waals surface area contributed by atoms with E-state index in [2.05, 4.69) is 14.9 Å². The molecule has 0 saturated heterocycles. The molecule has 1 fully saturated rings. The van der Waals surface area contributed by atoms with E-state index in [1.165, 1.54) is 12.8 Å². The van der Waals surface area contributed by atoms with Gasteiger partial charge in [-0.2, -0.15) is 0 Å². The van der Waals surface area contributed by atoms with Gasteiger partial charge in [0.25, 0.3) is 0 Å². The van der Waals surface area contributed by atoms with E-state index in [1.54, 1.807) is 0 Å². The number of aryl methyl sites for hydroxylation is 1. The number of rotatable bonds is 4. The molecule has 0 atom stereocenters. The Bertz CT molecular complexity index is 250. The highest BCUT2D eigenvalue weighted by Gasteiger charge is 2.20. The fraction of sp³-hybridized carbons (Fsp3) is 0.667. The number of nitrogens with zero attached hydrogens (tertiary/aromatic N) is 2. The molecule has 12 heavy (non-hydrogen) atoms. The predicted octanol–water partition coefficient (Wildman–Crippen LogP) is 0.920. The summed E-state index contributed by atoms with van der Waals surface area (Å²) in [6.45, 7) is 2.06. The zero-order chi connectivity index (χ0) is 8.39. The van der Waals surface area contributed by atoms with Crippen LogP contribution in [0.4, 0.5) is 0 Å². The average molecular weight is 165 g/mol. The highest BCUT2D eigenvalue weighted by Crippen LogP contribution is 2.27. The highest BCUT2D eigenvalue weighted by molar-refractivity contribution is 4.90. The third-order valence-electron chi connectivity index (χ3n) is 2.33. The summed E-state index contributed by atoms with van der Waals surface area (Å²) < 4.78 is 2.06. The summed E-state index contributed by atoms with van der Waals surface area (Å²) >= 11 is 0. The van der Waals surface area contributed by atoms with Crippen LogP contribution >= 0.6 is 0 Å². The molecule has 0 amide bonds. The minimum absolute atomic E-state index is 0.903. The summed E-state index contributed by atoms with van der Waals surface area (Å²) in [6.07, 6.45) is 6.64. The molecule has 0 aromatic carbocycles. The van der Waals surface area contributed by atoms with Crippen LogP contribution in [0, 0.1) is 5.92 Å². The molecular weight excluding hydrogens is 150 g/mol. The number of imidazole rings is 1. The van der Waals surface area contributed by atoms with Crippen LogP contribution in [0.5, 0.6) is 0 Å². The van der Waals surface area contributed by atoms with Crippen molar-refractivity contribution >= 4 is 0 Å². The molecule has 0 bridgehead atoms. The van der Waals surface area contributed by atoms with E-state index in [-0.39, 0.29) is 0 Å². The SMILES string of the molecule is Cn1ccnc1CNCC1CC1. The van der Waals surface area contributed by atoms with Gasteiger partial charge in [-0.25, -0.2) is 4.98 Å². The number of aromatic nitrogens is 2. The van der Waals surface area contributed by atoms with Crippen molar-refractivity contribution in [3.8, 4) is 0 Å². The van der Waals surface area contributed by atoms with Crippen LogP contribution in [-0.4, -0.2) is 16.1 Å². The highest BCUT2D eigenvalue weighted by atomic mass is 15.1. The zero-order valence-corrected chi connectivity index (χ0v) is 7.45. The average Bonchev–Trinajstić information content (AvgIpc) is 2.78. The number of hydrogen-bond acceptors (Lipinski definition) is 2. The van der Waals surface area contributed by atoms with Crippen LogP contribution in [0.25, 0.3) is 0 Å². The van der Waals surface area contributed by atoms with E-state index in [0.29, 0.717) is 0 Å². The molecular formula is C9H15N3. The first kappa shape index (κ1) is 7.80. The minimum Gasteiger partial charge on any atom is -0.337 e. The molecule has 0 unspecified atom stereocenters. The lowest BCUT2D eigenvalue weighted by Gasteiger charge is -2.02. The third-order valence-corrected chi connectivity index (χ3v) is 2.33. The van der Waals surface area contributed by atoms with Crippen molar-refractivity contribution in [2.24, 2.45) is 13.0 Å². The molecule has 3 heteroatoms. The summed E-state index contributed by atoms with van der Waals surface area (Å²) in [5.41, 5.74) is 0. The quantitative estimate of drug-likeness (QED) is 0.719. The van der Waals surface area contributed by atoms with Gasteiger partial charge in [0, 0.05) is 19.4 Å².